The lowest BCUT2D eigenvalue weighted by Crippen LogP contribution is -2.20. The minimum atomic E-state index is -0.491. The van der Waals surface area contributed by atoms with Crippen molar-refractivity contribution in [2.75, 3.05) is 13.2 Å². The Kier molecular flexibility index (Phi) is 14.5. The Morgan fingerprint density at radius 3 is 1.54 bits per heavy atom. The Hall–Kier alpha value is -3.96. The fraction of sp³-hybridized carbons (Fsp3) is 0.333. The number of rotatable bonds is 14. The van der Waals surface area contributed by atoms with Crippen molar-refractivity contribution in [3.8, 4) is 0 Å². The van der Waals surface area contributed by atoms with E-state index in [2.05, 4.69) is 0 Å². The topological polar surface area (TPSA) is 127 Å². The largest absolute Gasteiger partial charge is 0.465 e. The fourth-order valence-electron chi connectivity index (χ4n) is 4.11. The van der Waals surface area contributed by atoms with Gasteiger partial charge >= 0.3 is 11.9 Å². The number of ether oxygens (including phenoxy) is 2. The van der Waals surface area contributed by atoms with Gasteiger partial charge in [-0.1, -0.05) is 60.7 Å². The molecule has 10 heteroatoms. The maximum absolute atomic E-state index is 12.4. The van der Waals surface area contributed by atoms with Crippen molar-refractivity contribution in [2.45, 2.75) is 64.6 Å². The van der Waals surface area contributed by atoms with Gasteiger partial charge in [0.25, 0.3) is 0 Å². The van der Waals surface area contributed by atoms with E-state index in [0.29, 0.717) is 33.7 Å². The Balaban J connectivity index is 0.000000250. The summed E-state index contributed by atoms with van der Waals surface area (Å²) in [6.07, 6.45) is 0.0247. The summed E-state index contributed by atoms with van der Waals surface area (Å²) in [5, 5.41) is 18.0. The van der Waals surface area contributed by atoms with Crippen LogP contribution in [0.15, 0.2) is 84.9 Å². The molecule has 2 aromatic carbocycles. The minimum absolute atomic E-state index is 0.0163. The van der Waals surface area contributed by atoms with Crippen LogP contribution in [-0.4, -0.2) is 59.1 Å². The van der Waals surface area contributed by atoms with Crippen molar-refractivity contribution in [1.29, 1.82) is 0 Å². The molecule has 0 aliphatic carbocycles. The average Bonchev–Trinajstić information content (AvgIpc) is 3.75. The molecular formula is C36H40O8S2. The highest BCUT2D eigenvalue weighted by Gasteiger charge is 2.23. The first-order chi connectivity index (χ1) is 22.0. The van der Waals surface area contributed by atoms with Crippen LogP contribution in [0, 0.1) is 0 Å². The molecule has 4 atom stereocenters. The normalized spacial score (nSPS) is 13.3. The van der Waals surface area contributed by atoms with E-state index in [4.69, 9.17) is 19.7 Å². The van der Waals surface area contributed by atoms with Crippen LogP contribution in [0.25, 0.3) is 0 Å². The summed E-state index contributed by atoms with van der Waals surface area (Å²) in [4.78, 5) is 51.6. The van der Waals surface area contributed by atoms with Crippen LogP contribution >= 0.6 is 22.7 Å². The number of carbonyl (C=O) groups is 4. The van der Waals surface area contributed by atoms with Gasteiger partial charge in [-0.25, -0.2) is 0 Å². The van der Waals surface area contributed by atoms with Gasteiger partial charge in [0, 0.05) is 40.3 Å². The molecule has 0 aliphatic heterocycles. The lowest BCUT2D eigenvalue weighted by Gasteiger charge is -2.15. The van der Waals surface area contributed by atoms with E-state index in [0.717, 1.165) is 9.75 Å². The van der Waals surface area contributed by atoms with Gasteiger partial charge in [0.1, 0.15) is 6.10 Å². The van der Waals surface area contributed by atoms with Gasteiger partial charge in [0.05, 0.1) is 34.3 Å². The first kappa shape index (κ1) is 36.5. The Morgan fingerprint density at radius 1 is 0.652 bits per heavy atom. The van der Waals surface area contributed by atoms with E-state index in [1.807, 2.05) is 36.4 Å². The van der Waals surface area contributed by atoms with Crippen LogP contribution < -0.4 is 0 Å². The van der Waals surface area contributed by atoms with Crippen molar-refractivity contribution in [2.24, 2.45) is 0 Å². The first-order valence-electron chi connectivity index (χ1n) is 15.1. The smallest absolute Gasteiger partial charge is 0.314 e. The van der Waals surface area contributed by atoms with E-state index in [9.17, 15) is 19.2 Å². The molecule has 8 nitrogen and oxygen atoms in total. The molecule has 0 saturated carbocycles. The van der Waals surface area contributed by atoms with Gasteiger partial charge < -0.3 is 19.7 Å². The highest BCUT2D eigenvalue weighted by Crippen LogP contribution is 2.29. The third kappa shape index (κ3) is 10.8. The molecule has 0 spiro atoms. The Bertz CT molecular complexity index is 1560. The maximum Gasteiger partial charge on any atom is 0.314 e. The second-order valence-corrected chi connectivity index (χ2v) is 13.0. The van der Waals surface area contributed by atoms with Crippen molar-refractivity contribution in [3.05, 3.63) is 116 Å². The van der Waals surface area contributed by atoms with Crippen molar-refractivity contribution in [3.63, 3.8) is 0 Å². The van der Waals surface area contributed by atoms with E-state index in [1.165, 1.54) is 22.7 Å². The summed E-state index contributed by atoms with van der Waals surface area (Å²) in [5.74, 6) is -1.63. The lowest BCUT2D eigenvalue weighted by molar-refractivity contribution is -0.150. The number of ketones is 2. The summed E-state index contributed by atoms with van der Waals surface area (Å²) in [5.41, 5.74) is 1.26. The van der Waals surface area contributed by atoms with Crippen LogP contribution in [0.4, 0.5) is 0 Å². The van der Waals surface area contributed by atoms with Crippen LogP contribution in [0.1, 0.15) is 92.6 Å². The van der Waals surface area contributed by atoms with E-state index < -0.39 is 17.9 Å². The number of hydrogen-bond acceptors (Lipinski definition) is 10. The molecule has 0 amide bonds. The van der Waals surface area contributed by atoms with Gasteiger partial charge in [-0.05, 0) is 52.0 Å². The van der Waals surface area contributed by atoms with Crippen LogP contribution in [0.5, 0.6) is 0 Å². The summed E-state index contributed by atoms with van der Waals surface area (Å²) >= 11 is 2.63. The van der Waals surface area contributed by atoms with Crippen molar-refractivity contribution in [1.82, 2.24) is 0 Å². The number of esters is 2. The molecule has 4 rings (SSSR count). The van der Waals surface area contributed by atoms with Crippen molar-refractivity contribution >= 4 is 46.2 Å². The lowest BCUT2D eigenvalue weighted by atomic mass is 10.1. The van der Waals surface area contributed by atoms with Gasteiger partial charge in [0.15, 0.2) is 0 Å². The number of thiophene rings is 2. The van der Waals surface area contributed by atoms with Gasteiger partial charge in [-0.2, -0.15) is 0 Å². The molecule has 2 aromatic heterocycles. The number of aliphatic hydroxyl groups is 2. The number of hydrogen-bond donors (Lipinski definition) is 2. The summed E-state index contributed by atoms with van der Waals surface area (Å²) in [6, 6.07) is 25.2. The third-order valence-electron chi connectivity index (χ3n) is 6.97. The number of aliphatic hydroxyl groups excluding tert-OH is 2. The second-order valence-electron chi connectivity index (χ2n) is 10.8. The molecule has 0 aliphatic rings. The quantitative estimate of drug-likeness (QED) is 0.111. The zero-order valence-corrected chi connectivity index (χ0v) is 28.0. The van der Waals surface area contributed by atoms with Gasteiger partial charge in [0.2, 0.25) is 11.6 Å². The molecular weight excluding hydrogens is 625 g/mol. The SMILES string of the molecule is CC(CCO)OC(=O)C(C)c1ccc(C(=O)c2ccccc2)s1.CC(O)CCOC(=O)C(C)c1ccc(C(=O)c2ccccc2)s1. The summed E-state index contributed by atoms with van der Waals surface area (Å²) < 4.78 is 10.4. The van der Waals surface area contributed by atoms with E-state index in [-0.39, 0.29) is 42.8 Å². The monoisotopic (exact) mass is 664 g/mol. The summed E-state index contributed by atoms with van der Waals surface area (Å²) in [7, 11) is 0. The zero-order valence-electron chi connectivity index (χ0n) is 26.4. The van der Waals surface area contributed by atoms with Crippen LogP contribution in [-0.2, 0) is 19.1 Å². The molecule has 0 fully saturated rings. The molecule has 0 radical (unpaired) electrons. The fourth-order valence-corrected chi connectivity index (χ4v) is 6.13. The highest BCUT2D eigenvalue weighted by atomic mass is 32.1. The van der Waals surface area contributed by atoms with Crippen LogP contribution in [0.3, 0.4) is 0 Å². The minimum Gasteiger partial charge on any atom is -0.465 e. The average molecular weight is 665 g/mol. The first-order valence-corrected chi connectivity index (χ1v) is 16.7. The molecule has 0 saturated heterocycles. The van der Waals surface area contributed by atoms with Gasteiger partial charge in [-0.3, -0.25) is 19.2 Å². The van der Waals surface area contributed by atoms with Crippen molar-refractivity contribution < 1.29 is 38.9 Å². The predicted molar refractivity (Wildman–Crippen MR) is 180 cm³/mol. The maximum atomic E-state index is 12.4. The standard InChI is InChI=1S/2C18H20O4S/c1-12(19)10-11-22-18(21)13(2)15-8-9-16(23-15)17(20)14-6-4-3-5-7-14;1-12(10-11-19)22-18(21)13(2)15-8-9-16(23-15)17(20)14-6-4-3-5-7-14/h2*3-9,12-13,19H,10-11H2,1-2H3. The van der Waals surface area contributed by atoms with Gasteiger partial charge in [-0.15, -0.1) is 22.7 Å². The second kappa shape index (κ2) is 18.3. The molecule has 2 heterocycles. The number of carbonyl (C=O) groups excluding carboxylic acids is 4. The van der Waals surface area contributed by atoms with Crippen LogP contribution in [0.2, 0.25) is 0 Å². The molecule has 4 unspecified atom stereocenters. The summed E-state index contributed by atoms with van der Waals surface area (Å²) in [6.45, 7) is 7.10. The van der Waals surface area contributed by atoms with E-state index >= 15 is 0 Å². The molecule has 2 N–H and O–H groups in total. The Morgan fingerprint density at radius 2 is 1.11 bits per heavy atom. The molecule has 4 aromatic rings. The molecule has 244 valence electrons. The Labute approximate surface area is 277 Å². The third-order valence-corrected chi connectivity index (χ3v) is 9.50. The van der Waals surface area contributed by atoms with E-state index in [1.54, 1.807) is 76.2 Å². The number of benzene rings is 2. The zero-order chi connectivity index (χ0) is 33.6. The molecule has 0 bridgehead atoms. The molecule has 46 heavy (non-hydrogen) atoms. The highest BCUT2D eigenvalue weighted by molar-refractivity contribution is 7.14. The predicted octanol–water partition coefficient (Wildman–Crippen LogP) is 6.79.